The van der Waals surface area contributed by atoms with E-state index in [1.807, 2.05) is 38.3 Å². The van der Waals surface area contributed by atoms with Crippen molar-refractivity contribution in [3.63, 3.8) is 0 Å². The number of esters is 1. The van der Waals surface area contributed by atoms with Gasteiger partial charge in [-0.25, -0.2) is 4.68 Å². The second-order valence-corrected chi connectivity index (χ2v) is 8.31. The molecule has 0 aliphatic heterocycles. The number of ether oxygens (including phenoxy) is 1. The van der Waals surface area contributed by atoms with Crippen LogP contribution in [-0.4, -0.2) is 44.6 Å². The predicted octanol–water partition coefficient (Wildman–Crippen LogP) is 1.76. The number of aromatic nitrogens is 4. The van der Waals surface area contributed by atoms with Crippen molar-refractivity contribution in [3.8, 4) is 10.6 Å². The van der Waals surface area contributed by atoms with Gasteiger partial charge in [-0.05, 0) is 39.1 Å². The second kappa shape index (κ2) is 8.16. The largest absolute Gasteiger partial charge is 0.465 e. The highest BCUT2D eigenvalue weighted by Crippen LogP contribution is 2.30. The van der Waals surface area contributed by atoms with E-state index in [0.29, 0.717) is 16.6 Å². The molecule has 0 fully saturated rings. The van der Waals surface area contributed by atoms with Crippen molar-refractivity contribution < 1.29 is 14.3 Å². The molecule has 10 heteroatoms. The van der Waals surface area contributed by atoms with E-state index in [1.165, 1.54) is 11.3 Å². The number of nitrogens with one attached hydrogen (secondary N) is 1. The van der Waals surface area contributed by atoms with Crippen LogP contribution in [-0.2, 0) is 26.4 Å². The van der Waals surface area contributed by atoms with Crippen LogP contribution >= 0.6 is 11.3 Å². The zero-order valence-electron chi connectivity index (χ0n) is 16.8. The smallest absolute Gasteiger partial charge is 0.325 e. The van der Waals surface area contributed by atoms with Crippen molar-refractivity contribution >= 4 is 34.1 Å². The van der Waals surface area contributed by atoms with Crippen molar-refractivity contribution in [1.82, 2.24) is 24.9 Å². The molecule has 0 saturated carbocycles. The number of fused-ring (bicyclic) bond motifs is 1. The lowest BCUT2D eigenvalue weighted by molar-refractivity contribution is -0.143. The van der Waals surface area contributed by atoms with Gasteiger partial charge in [-0.1, -0.05) is 6.07 Å². The van der Waals surface area contributed by atoms with Gasteiger partial charge in [-0.2, -0.15) is 10.2 Å². The van der Waals surface area contributed by atoms with Gasteiger partial charge in [0.25, 0.3) is 5.56 Å². The summed E-state index contributed by atoms with van der Waals surface area (Å²) < 4.78 is 7.55. The van der Waals surface area contributed by atoms with E-state index in [9.17, 15) is 14.4 Å². The monoisotopic (exact) mass is 417 g/mol. The first-order valence-corrected chi connectivity index (χ1v) is 10.1. The average Bonchev–Trinajstić information content (AvgIpc) is 3.32. The summed E-state index contributed by atoms with van der Waals surface area (Å²) in [7, 11) is 0. The summed E-state index contributed by atoms with van der Waals surface area (Å²) in [5.74, 6) is -1.05. The summed E-state index contributed by atoms with van der Waals surface area (Å²) in [6, 6.07) is 3.79. The molecule has 0 radical (unpaired) electrons. The molecule has 1 N–H and O–H groups in total. The van der Waals surface area contributed by atoms with Crippen LogP contribution in [0.25, 0.3) is 21.5 Å². The molecular formula is C19H23N5O4S. The number of carbonyl (C=O) groups excluding carboxylic acids is 2. The van der Waals surface area contributed by atoms with Crippen LogP contribution < -0.4 is 10.9 Å². The third-order valence-corrected chi connectivity index (χ3v) is 4.98. The first kappa shape index (κ1) is 20.7. The lowest BCUT2D eigenvalue weighted by Gasteiger charge is -2.20. The second-order valence-electron chi connectivity index (χ2n) is 7.36. The Bertz CT molecular complexity index is 1090. The van der Waals surface area contributed by atoms with Gasteiger partial charge in [0.05, 0.1) is 28.6 Å². The van der Waals surface area contributed by atoms with Crippen LogP contribution in [0.5, 0.6) is 0 Å². The Morgan fingerprint density at radius 2 is 2.07 bits per heavy atom. The number of hydrogen-bond acceptors (Lipinski definition) is 7. The molecule has 0 aliphatic carbocycles. The average molecular weight is 417 g/mol. The van der Waals surface area contributed by atoms with E-state index in [4.69, 9.17) is 4.74 Å². The standard InChI is InChI=1S/C19H23N5O4S/c1-5-28-15(26)10-20-14(25)11-23-18(27)17-12(9-21-24(17)19(2,3)4)16(22-23)13-7-6-8-29-13/h6-9H,5,10-11H2,1-4H3,(H,20,25). The first-order valence-electron chi connectivity index (χ1n) is 9.18. The Balaban J connectivity index is 2.03. The van der Waals surface area contributed by atoms with Crippen LogP contribution in [0.4, 0.5) is 0 Å². The van der Waals surface area contributed by atoms with Crippen molar-refractivity contribution in [2.45, 2.75) is 39.8 Å². The molecule has 0 unspecified atom stereocenters. The van der Waals surface area contributed by atoms with Gasteiger partial charge >= 0.3 is 5.97 Å². The Kier molecular flexibility index (Phi) is 5.83. The topological polar surface area (TPSA) is 108 Å². The molecule has 0 aromatic carbocycles. The quantitative estimate of drug-likeness (QED) is 0.612. The highest BCUT2D eigenvalue weighted by molar-refractivity contribution is 7.13. The fraction of sp³-hybridized carbons (Fsp3) is 0.421. The SMILES string of the molecule is CCOC(=O)CNC(=O)Cn1nc(-c2cccs2)c2cnn(C(C)(C)C)c2c1=O. The summed E-state index contributed by atoms with van der Waals surface area (Å²) in [6.45, 7) is 7.17. The molecule has 0 atom stereocenters. The van der Waals surface area contributed by atoms with Gasteiger partial charge in [0.2, 0.25) is 5.91 Å². The minimum Gasteiger partial charge on any atom is -0.465 e. The van der Waals surface area contributed by atoms with Gasteiger partial charge < -0.3 is 10.1 Å². The Labute approximate surface area is 171 Å². The van der Waals surface area contributed by atoms with Crippen LogP contribution in [0.1, 0.15) is 27.7 Å². The predicted molar refractivity (Wildman–Crippen MR) is 110 cm³/mol. The van der Waals surface area contributed by atoms with Gasteiger partial charge in [-0.15, -0.1) is 11.3 Å². The van der Waals surface area contributed by atoms with Crippen molar-refractivity contribution in [3.05, 3.63) is 34.1 Å². The third-order valence-electron chi connectivity index (χ3n) is 4.10. The van der Waals surface area contributed by atoms with E-state index >= 15 is 0 Å². The lowest BCUT2D eigenvalue weighted by atomic mass is 10.1. The highest BCUT2D eigenvalue weighted by Gasteiger charge is 2.24. The van der Waals surface area contributed by atoms with E-state index in [0.717, 1.165) is 9.56 Å². The highest BCUT2D eigenvalue weighted by atomic mass is 32.1. The number of carbonyl (C=O) groups is 2. The van der Waals surface area contributed by atoms with Crippen LogP contribution in [0.15, 0.2) is 28.5 Å². The molecule has 3 aromatic rings. The molecule has 154 valence electrons. The lowest BCUT2D eigenvalue weighted by Crippen LogP contribution is -2.37. The Hall–Kier alpha value is -3.01. The molecule has 9 nitrogen and oxygen atoms in total. The minimum absolute atomic E-state index is 0.230. The molecule has 1 amide bonds. The van der Waals surface area contributed by atoms with Gasteiger partial charge in [0, 0.05) is 0 Å². The maximum atomic E-state index is 13.1. The first-order chi connectivity index (χ1) is 13.7. The maximum Gasteiger partial charge on any atom is 0.325 e. The summed E-state index contributed by atoms with van der Waals surface area (Å²) in [6.07, 6.45) is 1.63. The Morgan fingerprint density at radius 3 is 2.69 bits per heavy atom. The van der Waals surface area contributed by atoms with Gasteiger partial charge in [0.1, 0.15) is 24.3 Å². The molecule has 0 bridgehead atoms. The fourth-order valence-electron chi connectivity index (χ4n) is 2.86. The summed E-state index contributed by atoms with van der Waals surface area (Å²) in [4.78, 5) is 37.7. The minimum atomic E-state index is -0.540. The molecule has 3 heterocycles. The maximum absolute atomic E-state index is 13.1. The molecule has 0 aliphatic rings. The van der Waals surface area contributed by atoms with Crippen LogP contribution in [0, 0.1) is 0 Å². The van der Waals surface area contributed by atoms with Crippen LogP contribution in [0.2, 0.25) is 0 Å². The number of amides is 1. The van der Waals surface area contributed by atoms with E-state index in [2.05, 4.69) is 15.5 Å². The zero-order chi connectivity index (χ0) is 21.2. The molecule has 3 aromatic heterocycles. The summed E-state index contributed by atoms with van der Waals surface area (Å²) in [5.41, 5.74) is 0.121. The number of hydrogen-bond donors (Lipinski definition) is 1. The van der Waals surface area contributed by atoms with Gasteiger partial charge in [-0.3, -0.25) is 19.1 Å². The van der Waals surface area contributed by atoms with Crippen LogP contribution in [0.3, 0.4) is 0 Å². The van der Waals surface area contributed by atoms with E-state index in [-0.39, 0.29) is 19.7 Å². The zero-order valence-corrected chi connectivity index (χ0v) is 17.6. The molecule has 29 heavy (non-hydrogen) atoms. The van der Waals surface area contributed by atoms with Crippen molar-refractivity contribution in [1.29, 1.82) is 0 Å². The third kappa shape index (κ3) is 4.37. The van der Waals surface area contributed by atoms with Gasteiger partial charge in [0.15, 0.2) is 0 Å². The van der Waals surface area contributed by atoms with E-state index in [1.54, 1.807) is 17.8 Å². The van der Waals surface area contributed by atoms with Crippen molar-refractivity contribution in [2.24, 2.45) is 0 Å². The Morgan fingerprint density at radius 1 is 1.31 bits per heavy atom. The number of rotatable bonds is 6. The summed E-state index contributed by atoms with van der Waals surface area (Å²) >= 11 is 1.48. The van der Waals surface area contributed by atoms with E-state index < -0.39 is 23.0 Å². The number of nitrogens with zero attached hydrogens (tertiary/aromatic N) is 4. The van der Waals surface area contributed by atoms with Crippen molar-refractivity contribution in [2.75, 3.05) is 13.2 Å². The molecular weight excluding hydrogens is 394 g/mol. The normalized spacial score (nSPS) is 11.6. The molecule has 3 rings (SSSR count). The summed E-state index contributed by atoms with van der Waals surface area (Å²) in [5, 5.41) is 13.8. The fourth-order valence-corrected chi connectivity index (χ4v) is 3.58. The molecule has 0 saturated heterocycles. The molecule has 0 spiro atoms. The number of thiophene rings is 1.